The summed E-state index contributed by atoms with van der Waals surface area (Å²) in [4.78, 5) is 0. The van der Waals surface area contributed by atoms with Gasteiger partial charge in [0.2, 0.25) is 0 Å². The molecule has 56 valence electrons. The van der Waals surface area contributed by atoms with Crippen molar-refractivity contribution < 1.29 is 8.78 Å². The first-order valence-corrected chi connectivity index (χ1v) is 3.49. The SMILES string of the molecule is N#Cc1cc(Br)c(F)cc1F. The molecule has 0 aliphatic heterocycles. The maximum Gasteiger partial charge on any atom is 0.143 e. The molecule has 0 aliphatic carbocycles. The van der Waals surface area contributed by atoms with E-state index >= 15 is 0 Å². The summed E-state index contributed by atoms with van der Waals surface area (Å²) in [6.45, 7) is 0. The van der Waals surface area contributed by atoms with Crippen LogP contribution in [0.5, 0.6) is 0 Å². The van der Waals surface area contributed by atoms with Crippen LogP contribution in [0.1, 0.15) is 5.56 Å². The summed E-state index contributed by atoms with van der Waals surface area (Å²) in [6.07, 6.45) is 0. The van der Waals surface area contributed by atoms with Crippen molar-refractivity contribution in [1.82, 2.24) is 0 Å². The first-order chi connectivity index (χ1) is 5.15. The van der Waals surface area contributed by atoms with Crippen molar-refractivity contribution in [3.8, 4) is 6.07 Å². The zero-order chi connectivity index (χ0) is 8.43. The fourth-order valence-corrected chi connectivity index (χ4v) is 0.952. The molecule has 0 saturated carbocycles. The molecular weight excluding hydrogens is 216 g/mol. The highest BCUT2D eigenvalue weighted by Gasteiger charge is 2.06. The lowest BCUT2D eigenvalue weighted by Gasteiger charge is -1.95. The Morgan fingerprint density at radius 2 is 1.91 bits per heavy atom. The molecule has 1 aromatic carbocycles. The van der Waals surface area contributed by atoms with E-state index in [1.807, 2.05) is 0 Å². The predicted molar refractivity (Wildman–Crippen MR) is 38.8 cm³/mol. The smallest absolute Gasteiger partial charge is 0.143 e. The van der Waals surface area contributed by atoms with Gasteiger partial charge >= 0.3 is 0 Å². The van der Waals surface area contributed by atoms with E-state index in [1.165, 1.54) is 0 Å². The van der Waals surface area contributed by atoms with Gasteiger partial charge in [-0.2, -0.15) is 5.26 Å². The molecule has 0 radical (unpaired) electrons. The Morgan fingerprint density at radius 1 is 1.27 bits per heavy atom. The summed E-state index contributed by atoms with van der Waals surface area (Å²) < 4.78 is 25.1. The van der Waals surface area contributed by atoms with Gasteiger partial charge in [-0.25, -0.2) is 8.78 Å². The van der Waals surface area contributed by atoms with Crippen molar-refractivity contribution in [2.75, 3.05) is 0 Å². The first-order valence-electron chi connectivity index (χ1n) is 2.70. The van der Waals surface area contributed by atoms with Gasteiger partial charge in [0.15, 0.2) is 0 Å². The van der Waals surface area contributed by atoms with E-state index in [-0.39, 0.29) is 10.0 Å². The molecule has 0 atom stereocenters. The fourth-order valence-electron chi connectivity index (χ4n) is 0.608. The van der Waals surface area contributed by atoms with E-state index in [0.29, 0.717) is 6.07 Å². The second kappa shape index (κ2) is 2.97. The van der Waals surface area contributed by atoms with Gasteiger partial charge in [0.25, 0.3) is 0 Å². The zero-order valence-corrected chi connectivity index (χ0v) is 6.82. The van der Waals surface area contributed by atoms with E-state index in [4.69, 9.17) is 5.26 Å². The first kappa shape index (κ1) is 8.15. The minimum atomic E-state index is -0.840. The molecule has 0 bridgehead atoms. The van der Waals surface area contributed by atoms with Crippen molar-refractivity contribution in [2.45, 2.75) is 0 Å². The van der Waals surface area contributed by atoms with E-state index in [1.54, 1.807) is 6.07 Å². The maximum atomic E-state index is 12.5. The number of nitrogens with zero attached hydrogens (tertiary/aromatic N) is 1. The summed E-state index contributed by atoms with van der Waals surface area (Å²) >= 11 is 2.83. The third kappa shape index (κ3) is 1.55. The van der Waals surface area contributed by atoms with Crippen molar-refractivity contribution in [3.05, 3.63) is 33.8 Å². The van der Waals surface area contributed by atoms with Gasteiger partial charge in [-0.05, 0) is 22.0 Å². The molecule has 1 aromatic rings. The normalized spacial score (nSPS) is 9.27. The van der Waals surface area contributed by atoms with Crippen LogP contribution in [0.3, 0.4) is 0 Å². The molecular formula is C7H2BrF2N. The van der Waals surface area contributed by atoms with Gasteiger partial charge in [0.05, 0.1) is 10.0 Å². The van der Waals surface area contributed by atoms with Crippen LogP contribution >= 0.6 is 15.9 Å². The van der Waals surface area contributed by atoms with Crippen molar-refractivity contribution in [2.24, 2.45) is 0 Å². The summed E-state index contributed by atoms with van der Waals surface area (Å²) in [5, 5.41) is 8.30. The zero-order valence-electron chi connectivity index (χ0n) is 5.24. The Morgan fingerprint density at radius 3 is 2.45 bits per heavy atom. The molecule has 1 rings (SSSR count). The summed E-state index contributed by atoms with van der Waals surface area (Å²) in [7, 11) is 0. The molecule has 0 amide bonds. The number of halogens is 3. The quantitative estimate of drug-likeness (QED) is 0.614. The molecule has 4 heteroatoms. The Balaban J connectivity index is 3.35. The maximum absolute atomic E-state index is 12.5. The van der Waals surface area contributed by atoms with Crippen molar-refractivity contribution in [1.29, 1.82) is 5.26 Å². The Labute approximate surface area is 70.4 Å². The third-order valence-corrected chi connectivity index (χ3v) is 1.74. The molecule has 0 N–H and O–H groups in total. The number of hydrogen-bond donors (Lipinski definition) is 0. The van der Waals surface area contributed by atoms with E-state index in [2.05, 4.69) is 15.9 Å². The van der Waals surface area contributed by atoms with Crippen LogP contribution in [-0.4, -0.2) is 0 Å². The van der Waals surface area contributed by atoms with Gasteiger partial charge in [-0.3, -0.25) is 0 Å². The van der Waals surface area contributed by atoms with Gasteiger partial charge < -0.3 is 0 Å². The van der Waals surface area contributed by atoms with Crippen molar-refractivity contribution >= 4 is 15.9 Å². The second-order valence-electron chi connectivity index (χ2n) is 1.86. The number of rotatable bonds is 0. The number of nitriles is 1. The van der Waals surface area contributed by atoms with Crippen LogP contribution in [0.2, 0.25) is 0 Å². The van der Waals surface area contributed by atoms with Gasteiger partial charge in [0.1, 0.15) is 17.7 Å². The van der Waals surface area contributed by atoms with Crippen LogP contribution in [0.15, 0.2) is 16.6 Å². The molecule has 0 unspecified atom stereocenters. The minimum absolute atomic E-state index is 0.0930. The molecule has 0 aromatic heterocycles. The van der Waals surface area contributed by atoms with Gasteiger partial charge in [-0.15, -0.1) is 0 Å². The summed E-state index contributed by atoms with van der Waals surface area (Å²) in [5.74, 6) is -1.55. The molecule has 0 heterocycles. The molecule has 11 heavy (non-hydrogen) atoms. The van der Waals surface area contributed by atoms with Gasteiger partial charge in [0, 0.05) is 6.07 Å². The largest absolute Gasteiger partial charge is 0.206 e. The highest BCUT2D eigenvalue weighted by Crippen LogP contribution is 2.18. The Hall–Kier alpha value is -0.950. The lowest BCUT2D eigenvalue weighted by molar-refractivity contribution is 0.576. The fraction of sp³-hybridized carbons (Fsp3) is 0. The number of hydrogen-bond acceptors (Lipinski definition) is 1. The topological polar surface area (TPSA) is 23.8 Å². The van der Waals surface area contributed by atoms with E-state index in [9.17, 15) is 8.78 Å². The van der Waals surface area contributed by atoms with Crippen molar-refractivity contribution in [3.63, 3.8) is 0 Å². The average Bonchev–Trinajstić information content (AvgIpc) is 1.97. The standard InChI is InChI=1S/C7H2BrF2N/c8-5-1-4(3-11)6(9)2-7(5)10/h1-2H. The van der Waals surface area contributed by atoms with Crippen LogP contribution < -0.4 is 0 Å². The summed E-state index contributed by atoms with van der Waals surface area (Å²) in [5.41, 5.74) is -0.168. The van der Waals surface area contributed by atoms with Crippen LogP contribution in [0, 0.1) is 23.0 Å². The lowest BCUT2D eigenvalue weighted by atomic mass is 10.2. The second-order valence-corrected chi connectivity index (χ2v) is 2.71. The van der Waals surface area contributed by atoms with Crippen LogP contribution in [-0.2, 0) is 0 Å². The van der Waals surface area contributed by atoms with E-state index < -0.39 is 11.6 Å². The summed E-state index contributed by atoms with van der Waals surface area (Å²) in [6, 6.07) is 3.36. The highest BCUT2D eigenvalue weighted by atomic mass is 79.9. The third-order valence-electron chi connectivity index (χ3n) is 1.13. The highest BCUT2D eigenvalue weighted by molar-refractivity contribution is 9.10. The minimum Gasteiger partial charge on any atom is -0.206 e. The molecule has 0 saturated heterocycles. The Kier molecular flexibility index (Phi) is 2.20. The van der Waals surface area contributed by atoms with Crippen LogP contribution in [0.25, 0.3) is 0 Å². The molecule has 0 spiro atoms. The Bertz CT molecular complexity index is 330. The number of benzene rings is 1. The average molecular weight is 218 g/mol. The molecule has 1 nitrogen and oxygen atoms in total. The van der Waals surface area contributed by atoms with Crippen LogP contribution in [0.4, 0.5) is 8.78 Å². The molecule has 0 aliphatic rings. The monoisotopic (exact) mass is 217 g/mol. The van der Waals surface area contributed by atoms with Gasteiger partial charge in [-0.1, -0.05) is 0 Å². The molecule has 0 fully saturated rings. The predicted octanol–water partition coefficient (Wildman–Crippen LogP) is 2.60. The van der Waals surface area contributed by atoms with E-state index in [0.717, 1.165) is 6.07 Å². The lowest BCUT2D eigenvalue weighted by Crippen LogP contribution is -1.86.